The molecule has 116 valence electrons. The Labute approximate surface area is 126 Å². The SMILES string of the molecule is O=C(O)c1nc2c(O)cccc2c(O)c1CN1CCOCC1. The molecule has 7 heteroatoms. The second-order valence-electron chi connectivity index (χ2n) is 5.15. The molecule has 1 aromatic carbocycles. The largest absolute Gasteiger partial charge is 0.507 e. The number of phenols is 1. The van der Waals surface area contributed by atoms with Crippen LogP contribution in [0, 0.1) is 0 Å². The molecule has 22 heavy (non-hydrogen) atoms. The minimum atomic E-state index is -1.23. The highest BCUT2D eigenvalue weighted by Gasteiger charge is 2.23. The van der Waals surface area contributed by atoms with Gasteiger partial charge >= 0.3 is 5.97 Å². The van der Waals surface area contributed by atoms with Gasteiger partial charge in [0.1, 0.15) is 17.0 Å². The van der Waals surface area contributed by atoms with E-state index in [1.165, 1.54) is 6.07 Å². The average molecular weight is 304 g/mol. The first kappa shape index (κ1) is 14.6. The molecule has 0 spiro atoms. The number of hydrogen-bond donors (Lipinski definition) is 3. The lowest BCUT2D eigenvalue weighted by Crippen LogP contribution is -2.36. The number of carbonyl (C=O) groups is 1. The highest BCUT2D eigenvalue weighted by atomic mass is 16.5. The molecule has 7 nitrogen and oxygen atoms in total. The van der Waals surface area contributed by atoms with Gasteiger partial charge in [0.25, 0.3) is 0 Å². The first-order valence-electron chi connectivity index (χ1n) is 6.95. The molecule has 0 saturated carbocycles. The molecule has 1 aliphatic rings. The summed E-state index contributed by atoms with van der Waals surface area (Å²) in [6, 6.07) is 4.59. The van der Waals surface area contributed by atoms with E-state index in [0.29, 0.717) is 31.7 Å². The number of benzene rings is 1. The van der Waals surface area contributed by atoms with Crippen LogP contribution in [-0.4, -0.2) is 57.5 Å². The molecule has 3 rings (SSSR count). The summed E-state index contributed by atoms with van der Waals surface area (Å²) in [5.74, 6) is -1.54. The van der Waals surface area contributed by atoms with Crippen LogP contribution in [0.3, 0.4) is 0 Å². The summed E-state index contributed by atoms with van der Waals surface area (Å²) in [6.45, 7) is 2.75. The predicted octanol–water partition coefficient (Wildman–Crippen LogP) is 1.18. The van der Waals surface area contributed by atoms with Crippen molar-refractivity contribution in [1.82, 2.24) is 9.88 Å². The lowest BCUT2D eigenvalue weighted by molar-refractivity contribution is 0.0335. The molecule has 1 fully saturated rings. The third-order valence-electron chi connectivity index (χ3n) is 3.75. The number of phenolic OH excluding ortho intramolecular Hbond substituents is 1. The Hall–Kier alpha value is -2.38. The van der Waals surface area contributed by atoms with Crippen LogP contribution in [-0.2, 0) is 11.3 Å². The summed E-state index contributed by atoms with van der Waals surface area (Å²) in [7, 11) is 0. The zero-order valence-corrected chi connectivity index (χ0v) is 11.8. The van der Waals surface area contributed by atoms with Crippen molar-refractivity contribution in [3.63, 3.8) is 0 Å². The molecular formula is C15H16N2O5. The maximum atomic E-state index is 11.5. The standard InChI is InChI=1S/C15H16N2O5/c18-11-3-1-2-9-12(11)16-13(15(20)21)10(14(9)19)8-17-4-6-22-7-5-17/h1-3,18H,4-8H2,(H,16,19)(H,20,21). The molecule has 2 heterocycles. The molecule has 0 bridgehead atoms. The van der Waals surface area contributed by atoms with Gasteiger partial charge in [-0.05, 0) is 12.1 Å². The van der Waals surface area contributed by atoms with Crippen LogP contribution in [0.5, 0.6) is 11.5 Å². The number of nitrogens with zero attached hydrogens (tertiary/aromatic N) is 2. The fraction of sp³-hybridized carbons (Fsp3) is 0.333. The van der Waals surface area contributed by atoms with Crippen molar-refractivity contribution >= 4 is 16.9 Å². The summed E-state index contributed by atoms with van der Waals surface area (Å²) in [4.78, 5) is 17.5. The van der Waals surface area contributed by atoms with E-state index in [9.17, 15) is 20.1 Å². The molecule has 3 N–H and O–H groups in total. The van der Waals surface area contributed by atoms with Crippen LogP contribution in [0.4, 0.5) is 0 Å². The molecule has 1 aliphatic heterocycles. The van der Waals surface area contributed by atoms with Gasteiger partial charge in [-0.2, -0.15) is 0 Å². The Bertz CT molecular complexity index is 725. The van der Waals surface area contributed by atoms with E-state index < -0.39 is 5.97 Å². The van der Waals surface area contributed by atoms with Gasteiger partial charge in [-0.3, -0.25) is 4.90 Å². The van der Waals surface area contributed by atoms with Crippen LogP contribution in [0.2, 0.25) is 0 Å². The molecule has 0 atom stereocenters. The van der Waals surface area contributed by atoms with Crippen LogP contribution in [0.25, 0.3) is 10.9 Å². The molecule has 0 aliphatic carbocycles. The number of rotatable bonds is 3. The Morgan fingerprint density at radius 3 is 2.68 bits per heavy atom. The smallest absolute Gasteiger partial charge is 0.354 e. The van der Waals surface area contributed by atoms with Crippen LogP contribution in [0.1, 0.15) is 16.1 Å². The number of aromatic hydroxyl groups is 2. The van der Waals surface area contributed by atoms with Crippen molar-refractivity contribution in [3.05, 3.63) is 29.5 Å². The number of carboxylic acids is 1. The first-order valence-corrected chi connectivity index (χ1v) is 6.95. The van der Waals surface area contributed by atoms with Gasteiger partial charge < -0.3 is 20.1 Å². The first-order chi connectivity index (χ1) is 10.6. The molecule has 1 aromatic heterocycles. The Kier molecular flexibility index (Phi) is 3.82. The van der Waals surface area contributed by atoms with Crippen LogP contribution < -0.4 is 0 Å². The van der Waals surface area contributed by atoms with Gasteiger partial charge in [0.15, 0.2) is 5.69 Å². The molecule has 1 saturated heterocycles. The average Bonchev–Trinajstić information content (AvgIpc) is 2.51. The van der Waals surface area contributed by atoms with Crippen LogP contribution >= 0.6 is 0 Å². The van der Waals surface area contributed by atoms with Gasteiger partial charge in [0.2, 0.25) is 0 Å². The third-order valence-corrected chi connectivity index (χ3v) is 3.75. The monoisotopic (exact) mass is 304 g/mol. The van der Waals surface area contributed by atoms with E-state index in [0.717, 1.165) is 0 Å². The fourth-order valence-corrected chi connectivity index (χ4v) is 2.60. The highest BCUT2D eigenvalue weighted by molar-refractivity contribution is 5.97. The van der Waals surface area contributed by atoms with Gasteiger partial charge in [-0.25, -0.2) is 9.78 Å². The zero-order valence-electron chi connectivity index (χ0n) is 11.8. The number of carboxylic acid groups (broad SMARTS) is 1. The van der Waals surface area contributed by atoms with E-state index in [2.05, 4.69) is 4.98 Å². The summed E-state index contributed by atoms with van der Waals surface area (Å²) in [6.07, 6.45) is 0. The third kappa shape index (κ3) is 2.56. The molecule has 0 radical (unpaired) electrons. The number of hydrogen-bond acceptors (Lipinski definition) is 6. The summed E-state index contributed by atoms with van der Waals surface area (Å²) in [5.41, 5.74) is 0.105. The molecule has 2 aromatic rings. The van der Waals surface area contributed by atoms with Crippen molar-refractivity contribution in [3.8, 4) is 11.5 Å². The second kappa shape index (κ2) is 5.78. The summed E-state index contributed by atoms with van der Waals surface area (Å²) >= 11 is 0. The number of pyridine rings is 1. The Morgan fingerprint density at radius 1 is 1.27 bits per heavy atom. The van der Waals surface area contributed by atoms with E-state index >= 15 is 0 Å². The Balaban J connectivity index is 2.12. The highest BCUT2D eigenvalue weighted by Crippen LogP contribution is 2.34. The van der Waals surface area contributed by atoms with E-state index in [-0.39, 0.29) is 34.8 Å². The number of morpholine rings is 1. The number of para-hydroxylation sites is 1. The minimum absolute atomic E-state index is 0.0862. The van der Waals surface area contributed by atoms with Crippen LogP contribution in [0.15, 0.2) is 18.2 Å². The number of aromatic nitrogens is 1. The van der Waals surface area contributed by atoms with E-state index in [4.69, 9.17) is 4.74 Å². The maximum absolute atomic E-state index is 11.5. The topological polar surface area (TPSA) is 103 Å². The number of fused-ring (bicyclic) bond motifs is 1. The van der Waals surface area contributed by atoms with E-state index in [1.807, 2.05) is 4.90 Å². The van der Waals surface area contributed by atoms with Crippen molar-refractivity contribution in [2.45, 2.75) is 6.54 Å². The van der Waals surface area contributed by atoms with Crippen molar-refractivity contribution in [2.75, 3.05) is 26.3 Å². The normalized spacial score (nSPS) is 16.0. The zero-order chi connectivity index (χ0) is 15.7. The quantitative estimate of drug-likeness (QED) is 0.782. The van der Waals surface area contributed by atoms with Crippen molar-refractivity contribution < 1.29 is 24.9 Å². The Morgan fingerprint density at radius 2 is 2.00 bits per heavy atom. The summed E-state index contributed by atoms with van der Waals surface area (Å²) in [5, 5.41) is 30.0. The lowest BCUT2D eigenvalue weighted by Gasteiger charge is -2.27. The van der Waals surface area contributed by atoms with Crippen molar-refractivity contribution in [1.29, 1.82) is 0 Å². The van der Waals surface area contributed by atoms with Crippen molar-refractivity contribution in [2.24, 2.45) is 0 Å². The van der Waals surface area contributed by atoms with Gasteiger partial charge in [0.05, 0.1) is 13.2 Å². The van der Waals surface area contributed by atoms with E-state index in [1.54, 1.807) is 12.1 Å². The molecular weight excluding hydrogens is 288 g/mol. The second-order valence-corrected chi connectivity index (χ2v) is 5.15. The number of aromatic carboxylic acids is 1. The lowest BCUT2D eigenvalue weighted by atomic mass is 10.1. The fourth-order valence-electron chi connectivity index (χ4n) is 2.60. The molecule has 0 unspecified atom stereocenters. The van der Waals surface area contributed by atoms with Gasteiger partial charge in [-0.15, -0.1) is 0 Å². The summed E-state index contributed by atoms with van der Waals surface area (Å²) < 4.78 is 5.26. The minimum Gasteiger partial charge on any atom is -0.507 e. The number of ether oxygens (including phenoxy) is 1. The predicted molar refractivity (Wildman–Crippen MR) is 78.1 cm³/mol. The van der Waals surface area contributed by atoms with Gasteiger partial charge in [0, 0.05) is 30.6 Å². The van der Waals surface area contributed by atoms with Gasteiger partial charge in [-0.1, -0.05) is 6.07 Å². The molecule has 0 amide bonds. The maximum Gasteiger partial charge on any atom is 0.354 e.